The van der Waals surface area contributed by atoms with Crippen molar-refractivity contribution >= 4 is 29.2 Å². The first-order chi connectivity index (χ1) is 31.5. The highest BCUT2D eigenvalue weighted by molar-refractivity contribution is 6.39. The van der Waals surface area contributed by atoms with Crippen LogP contribution < -0.4 is 0 Å². The maximum Gasteiger partial charge on any atom is 0.329 e. The molecule has 1 saturated carbocycles. The van der Waals surface area contributed by atoms with Gasteiger partial charge in [0.2, 0.25) is 5.79 Å². The zero-order valence-corrected chi connectivity index (χ0v) is 40.4. The molecule has 16 atom stereocenters. The second kappa shape index (κ2) is 24.7. The number of hydrogen-bond donors (Lipinski definition) is 3. The summed E-state index contributed by atoms with van der Waals surface area (Å²) >= 11 is 0. The minimum absolute atomic E-state index is 0.0249. The van der Waals surface area contributed by atoms with Gasteiger partial charge in [-0.15, -0.1) is 0 Å². The number of aliphatic hydroxyl groups is 3. The Balaban J connectivity index is 1.48. The molecule has 0 radical (unpaired) electrons. The molecule has 0 spiro atoms. The van der Waals surface area contributed by atoms with Crippen LogP contribution in [0.4, 0.5) is 0 Å². The monoisotopic (exact) mass is 928 g/mol. The van der Waals surface area contributed by atoms with Gasteiger partial charge in [0.25, 0.3) is 11.7 Å². The Bertz CT molecular complexity index is 1790. The van der Waals surface area contributed by atoms with Crippen molar-refractivity contribution in [2.75, 3.05) is 41.1 Å². The third kappa shape index (κ3) is 13.0. The van der Waals surface area contributed by atoms with E-state index in [-0.39, 0.29) is 61.8 Å². The molecule has 15 nitrogen and oxygen atoms in total. The van der Waals surface area contributed by atoms with Gasteiger partial charge in [-0.25, -0.2) is 4.79 Å². The number of carbonyl (C=O) groups is 5. The maximum atomic E-state index is 14.5. The smallest absolute Gasteiger partial charge is 0.329 e. The van der Waals surface area contributed by atoms with Crippen molar-refractivity contribution in [1.29, 1.82) is 0 Å². The molecule has 4 fully saturated rings. The molecule has 3 saturated heterocycles. The molecule has 66 heavy (non-hydrogen) atoms. The predicted octanol–water partition coefficient (Wildman–Crippen LogP) is 5.03. The SMILES string of the molecule is CO[C@H]1C[C@@H]2CC[C@@H](C)[C@@](O)(O2)C(=O)C(=O)N2CCCC3[C@H]2C(=O)O[C@@H](CC(=O)C=CC(C)[C@@H](O)[C@@H](OC)C(=O)[C@H](C)C[C@H](C)C=CC=CC=C1C)[C@H]3C[C@@H]1CC[C@@H](OCCO)[C@H](OC)C1. The van der Waals surface area contributed by atoms with E-state index in [4.69, 9.17) is 28.4 Å². The second-order valence-electron chi connectivity index (χ2n) is 19.6. The number of nitrogens with zero attached hydrogens (tertiary/aromatic N) is 1. The van der Waals surface area contributed by atoms with Crippen molar-refractivity contribution in [2.45, 2.75) is 160 Å². The molecule has 15 heteroatoms. The summed E-state index contributed by atoms with van der Waals surface area (Å²) in [5.74, 6) is -8.45. The molecule has 3 N–H and O–H groups in total. The topological polar surface area (TPSA) is 205 Å². The Labute approximate surface area is 391 Å². The molecule has 6 bridgehead atoms. The summed E-state index contributed by atoms with van der Waals surface area (Å²) in [6.07, 6.45) is 12.9. The molecule has 2 unspecified atom stereocenters. The van der Waals surface area contributed by atoms with Gasteiger partial charge in [0, 0.05) is 64.4 Å². The van der Waals surface area contributed by atoms with Crippen molar-refractivity contribution in [1.82, 2.24) is 4.90 Å². The lowest BCUT2D eigenvalue weighted by molar-refractivity contribution is -0.266. The van der Waals surface area contributed by atoms with Gasteiger partial charge < -0.3 is 48.6 Å². The van der Waals surface area contributed by atoms with E-state index in [9.17, 15) is 39.3 Å². The number of fused-ring (bicyclic) bond motifs is 3. The number of aliphatic hydroxyl groups excluding tert-OH is 2. The van der Waals surface area contributed by atoms with E-state index in [2.05, 4.69) is 0 Å². The van der Waals surface area contributed by atoms with Crippen LogP contribution in [0.3, 0.4) is 0 Å². The molecule has 4 aliphatic heterocycles. The van der Waals surface area contributed by atoms with Crippen LogP contribution in [0.1, 0.15) is 105 Å². The van der Waals surface area contributed by atoms with Gasteiger partial charge in [0.15, 0.2) is 11.6 Å². The van der Waals surface area contributed by atoms with E-state index >= 15 is 0 Å². The van der Waals surface area contributed by atoms with Crippen LogP contribution in [-0.4, -0.2) is 145 Å². The highest BCUT2D eigenvalue weighted by Gasteiger charge is 2.57. The number of esters is 1. The van der Waals surface area contributed by atoms with Gasteiger partial charge in [-0.1, -0.05) is 64.2 Å². The minimum atomic E-state index is -2.44. The molecule has 5 rings (SSSR count). The fourth-order valence-electron chi connectivity index (χ4n) is 11.0. The lowest BCUT2D eigenvalue weighted by Crippen LogP contribution is -2.65. The predicted molar refractivity (Wildman–Crippen MR) is 245 cm³/mol. The molecule has 5 aliphatic rings. The van der Waals surface area contributed by atoms with Gasteiger partial charge in [0.05, 0.1) is 43.7 Å². The summed E-state index contributed by atoms with van der Waals surface area (Å²) in [4.78, 5) is 71.8. The molecule has 4 heterocycles. The zero-order chi connectivity index (χ0) is 48.3. The molecule has 1 amide bonds. The fraction of sp³-hybridized carbons (Fsp3) is 0.745. The van der Waals surface area contributed by atoms with Gasteiger partial charge in [-0.3, -0.25) is 19.2 Å². The first-order valence-corrected chi connectivity index (χ1v) is 24.2. The zero-order valence-electron chi connectivity index (χ0n) is 40.4. The number of methoxy groups -OCH3 is 3. The van der Waals surface area contributed by atoms with Gasteiger partial charge >= 0.3 is 5.97 Å². The third-order valence-corrected chi connectivity index (χ3v) is 15.0. The quantitative estimate of drug-likeness (QED) is 0.216. The van der Waals surface area contributed by atoms with E-state index in [1.807, 2.05) is 51.2 Å². The van der Waals surface area contributed by atoms with Crippen molar-refractivity contribution < 1.29 is 67.7 Å². The molecule has 0 aromatic rings. The highest BCUT2D eigenvalue weighted by atomic mass is 16.6. The Morgan fingerprint density at radius 1 is 0.864 bits per heavy atom. The molecular formula is C51H77NO14. The van der Waals surface area contributed by atoms with Crippen LogP contribution in [0, 0.1) is 41.4 Å². The molecule has 0 aromatic carbocycles. The number of rotatable bonds is 8. The summed E-state index contributed by atoms with van der Waals surface area (Å²) in [6.45, 7) is 9.29. The lowest BCUT2D eigenvalue weighted by Gasteiger charge is -2.50. The number of ketones is 3. The normalized spacial score (nSPS) is 39.5. The van der Waals surface area contributed by atoms with Crippen molar-refractivity contribution in [2.24, 2.45) is 41.4 Å². The van der Waals surface area contributed by atoms with E-state index < -0.39 is 89.6 Å². The van der Waals surface area contributed by atoms with Crippen LogP contribution in [0.25, 0.3) is 0 Å². The second-order valence-corrected chi connectivity index (χ2v) is 19.6. The summed E-state index contributed by atoms with van der Waals surface area (Å²) in [5.41, 5.74) is 0.880. The molecule has 370 valence electrons. The van der Waals surface area contributed by atoms with E-state index in [0.29, 0.717) is 57.8 Å². The number of hydrogen-bond acceptors (Lipinski definition) is 14. The Kier molecular flexibility index (Phi) is 20.1. The van der Waals surface area contributed by atoms with E-state index in [1.54, 1.807) is 34.1 Å². The number of carbonyl (C=O) groups excluding carboxylic acids is 5. The Morgan fingerprint density at radius 2 is 1.62 bits per heavy atom. The van der Waals surface area contributed by atoms with Crippen LogP contribution in [0.15, 0.2) is 48.1 Å². The number of allylic oxidation sites excluding steroid dienone is 6. The van der Waals surface area contributed by atoms with Gasteiger partial charge in [0.1, 0.15) is 18.2 Å². The van der Waals surface area contributed by atoms with Crippen molar-refractivity contribution in [3.05, 3.63) is 48.1 Å². The van der Waals surface area contributed by atoms with E-state index in [1.165, 1.54) is 18.1 Å². The van der Waals surface area contributed by atoms with Crippen molar-refractivity contribution in [3.63, 3.8) is 0 Å². The van der Waals surface area contributed by atoms with E-state index in [0.717, 1.165) is 12.0 Å². The number of piperidine rings is 1. The summed E-state index contributed by atoms with van der Waals surface area (Å²) in [6, 6.07) is -1.13. The summed E-state index contributed by atoms with van der Waals surface area (Å²) in [5, 5.41) is 32.8. The maximum absolute atomic E-state index is 14.5. The van der Waals surface area contributed by atoms with Crippen LogP contribution in [0.5, 0.6) is 0 Å². The molecule has 0 aromatic heterocycles. The Morgan fingerprint density at radius 3 is 2.32 bits per heavy atom. The van der Waals surface area contributed by atoms with Gasteiger partial charge in [-0.05, 0) is 94.1 Å². The molecular weight excluding hydrogens is 851 g/mol. The van der Waals surface area contributed by atoms with Gasteiger partial charge in [-0.2, -0.15) is 0 Å². The largest absolute Gasteiger partial charge is 0.460 e. The Hall–Kier alpha value is -3.41. The van der Waals surface area contributed by atoms with Crippen LogP contribution in [-0.2, 0) is 52.4 Å². The lowest BCUT2D eigenvalue weighted by atomic mass is 9.68. The highest BCUT2D eigenvalue weighted by Crippen LogP contribution is 2.45. The first kappa shape index (κ1) is 53.5. The average molecular weight is 928 g/mol. The number of amides is 1. The number of Topliss-reactive ketones (excluding diaryl/α,β-unsaturated/α-hetero) is 2. The van der Waals surface area contributed by atoms with Crippen LogP contribution >= 0.6 is 0 Å². The van der Waals surface area contributed by atoms with Crippen molar-refractivity contribution in [3.8, 4) is 0 Å². The molecule has 1 aliphatic carbocycles. The first-order valence-electron chi connectivity index (χ1n) is 24.2. The number of ether oxygens (including phenoxy) is 6. The fourth-order valence-corrected chi connectivity index (χ4v) is 11.0. The summed E-state index contributed by atoms with van der Waals surface area (Å²) < 4.78 is 35.5. The third-order valence-electron chi connectivity index (χ3n) is 15.0. The minimum Gasteiger partial charge on any atom is -0.460 e. The average Bonchev–Trinajstić information content (AvgIpc) is 3.30. The van der Waals surface area contributed by atoms with Crippen LogP contribution in [0.2, 0.25) is 0 Å². The standard InChI is InChI=1S/C51H77NO14/c1-30-13-10-9-11-14-31(2)41(61-6)29-37-20-17-34(5)51(60,66-37)48(57)49(58)52-22-12-15-38-39(26-35-18-21-40(64-24-23-53)43(27-35)62-7)42(65-50(59)44(38)52)28-36(54)19-16-32(3)45(55)47(63-8)46(56)33(4)25-30/h9-11,13-14,16,19,30,32-35,37-45,47,53,55,60H,12,15,17-18,20-29H2,1-8H3/t30-,32?,33-,34-,35+,37+,38?,39+,40-,41+,42+,43-,44+,45-,47-,51-/m1/s1. The summed E-state index contributed by atoms with van der Waals surface area (Å²) in [7, 11) is 4.58.